The lowest BCUT2D eigenvalue weighted by Crippen LogP contribution is -2.45. The van der Waals surface area contributed by atoms with Gasteiger partial charge in [-0.05, 0) is 30.6 Å². The molecule has 2 saturated heterocycles. The van der Waals surface area contributed by atoms with Crippen molar-refractivity contribution in [2.75, 3.05) is 72.1 Å². The number of morpholine rings is 1. The molecule has 2 heterocycles. The van der Waals surface area contributed by atoms with E-state index in [9.17, 15) is 0 Å². The summed E-state index contributed by atoms with van der Waals surface area (Å²) in [5.41, 5.74) is 8.72. The third-order valence-corrected chi connectivity index (χ3v) is 5.91. The van der Waals surface area contributed by atoms with Crippen LogP contribution in [-0.4, -0.2) is 92.8 Å². The number of likely N-dealkylation sites (N-methyl/N-ethyl adjacent to an activating group) is 1. The molecule has 7 heteroatoms. The van der Waals surface area contributed by atoms with Crippen LogP contribution in [0.1, 0.15) is 24.5 Å². The molecule has 2 aliphatic rings. The lowest BCUT2D eigenvalue weighted by molar-refractivity contribution is 0.0376. The average molecular weight is 403 g/mol. The van der Waals surface area contributed by atoms with Crippen molar-refractivity contribution >= 4 is 5.96 Å². The number of piperazine rings is 1. The van der Waals surface area contributed by atoms with Crippen LogP contribution in [0.2, 0.25) is 0 Å². The highest BCUT2D eigenvalue weighted by molar-refractivity contribution is 5.77. The molecule has 0 radical (unpaired) electrons. The third kappa shape index (κ3) is 7.59. The SMILES string of the molecule is CCN1CCN(Cc2ccccc2CN=C(N)NCCCN2CCOCC2)CC1. The van der Waals surface area contributed by atoms with Gasteiger partial charge < -0.3 is 20.7 Å². The first kappa shape index (κ1) is 22.0. The molecule has 0 aliphatic carbocycles. The molecule has 1 aromatic carbocycles. The monoisotopic (exact) mass is 402 g/mol. The minimum absolute atomic E-state index is 0.540. The normalized spacial score (nSPS) is 20.1. The molecule has 7 nitrogen and oxygen atoms in total. The molecule has 1 aromatic rings. The number of nitrogens with one attached hydrogen (secondary N) is 1. The maximum atomic E-state index is 6.10. The zero-order valence-electron chi connectivity index (χ0n) is 18.0. The summed E-state index contributed by atoms with van der Waals surface area (Å²) in [7, 11) is 0. The van der Waals surface area contributed by atoms with E-state index in [1.54, 1.807) is 0 Å². The summed E-state index contributed by atoms with van der Waals surface area (Å²) in [5.74, 6) is 0.540. The second kappa shape index (κ2) is 12.1. The van der Waals surface area contributed by atoms with Crippen LogP contribution in [0.3, 0.4) is 0 Å². The number of benzene rings is 1. The van der Waals surface area contributed by atoms with Gasteiger partial charge in [0.2, 0.25) is 0 Å². The molecular formula is C22H38N6O. The highest BCUT2D eigenvalue weighted by Gasteiger charge is 2.16. The van der Waals surface area contributed by atoms with Gasteiger partial charge in [0, 0.05) is 52.4 Å². The van der Waals surface area contributed by atoms with Crippen LogP contribution in [0.15, 0.2) is 29.3 Å². The van der Waals surface area contributed by atoms with Crippen LogP contribution in [0.5, 0.6) is 0 Å². The number of nitrogens with two attached hydrogens (primary N) is 1. The highest BCUT2D eigenvalue weighted by atomic mass is 16.5. The smallest absolute Gasteiger partial charge is 0.188 e. The number of guanidine groups is 1. The molecule has 3 rings (SSSR count). The molecule has 0 unspecified atom stereocenters. The summed E-state index contributed by atoms with van der Waals surface area (Å²) in [6.45, 7) is 15.3. The van der Waals surface area contributed by atoms with Crippen molar-refractivity contribution in [2.24, 2.45) is 10.7 Å². The molecule has 0 saturated carbocycles. The zero-order valence-corrected chi connectivity index (χ0v) is 18.0. The molecule has 0 bridgehead atoms. The van der Waals surface area contributed by atoms with Crippen molar-refractivity contribution in [3.63, 3.8) is 0 Å². The number of ether oxygens (including phenoxy) is 1. The van der Waals surface area contributed by atoms with Gasteiger partial charge in [0.1, 0.15) is 0 Å². The average Bonchev–Trinajstić information content (AvgIpc) is 2.77. The van der Waals surface area contributed by atoms with E-state index in [4.69, 9.17) is 10.5 Å². The summed E-state index contributed by atoms with van der Waals surface area (Å²) >= 11 is 0. The lowest BCUT2D eigenvalue weighted by Gasteiger charge is -2.34. The van der Waals surface area contributed by atoms with Crippen molar-refractivity contribution in [3.8, 4) is 0 Å². The fraction of sp³-hybridized carbons (Fsp3) is 0.682. The van der Waals surface area contributed by atoms with Crippen LogP contribution in [0, 0.1) is 0 Å². The molecule has 0 atom stereocenters. The van der Waals surface area contributed by atoms with Crippen LogP contribution in [0.25, 0.3) is 0 Å². The summed E-state index contributed by atoms with van der Waals surface area (Å²) in [6, 6.07) is 8.61. The van der Waals surface area contributed by atoms with Crippen molar-refractivity contribution in [2.45, 2.75) is 26.4 Å². The number of hydrogen-bond acceptors (Lipinski definition) is 5. The molecule has 0 spiro atoms. The summed E-state index contributed by atoms with van der Waals surface area (Å²) in [6.07, 6.45) is 1.07. The summed E-state index contributed by atoms with van der Waals surface area (Å²) < 4.78 is 5.38. The molecule has 162 valence electrons. The Morgan fingerprint density at radius 1 is 1.00 bits per heavy atom. The number of nitrogens with zero attached hydrogens (tertiary/aromatic N) is 4. The van der Waals surface area contributed by atoms with E-state index >= 15 is 0 Å². The first-order valence-corrected chi connectivity index (χ1v) is 11.1. The Balaban J connectivity index is 1.41. The van der Waals surface area contributed by atoms with E-state index in [1.165, 1.54) is 11.1 Å². The minimum atomic E-state index is 0.540. The molecular weight excluding hydrogens is 364 g/mol. The Morgan fingerprint density at radius 2 is 1.69 bits per heavy atom. The Kier molecular flexibility index (Phi) is 9.21. The number of aliphatic imine (C=N–C) groups is 1. The zero-order chi connectivity index (χ0) is 20.3. The minimum Gasteiger partial charge on any atom is -0.379 e. The maximum absolute atomic E-state index is 6.10. The molecule has 0 aromatic heterocycles. The molecule has 29 heavy (non-hydrogen) atoms. The van der Waals surface area contributed by atoms with Gasteiger partial charge >= 0.3 is 0 Å². The quantitative estimate of drug-likeness (QED) is 0.364. The van der Waals surface area contributed by atoms with E-state index in [-0.39, 0.29) is 0 Å². The van der Waals surface area contributed by atoms with E-state index in [0.29, 0.717) is 12.5 Å². The van der Waals surface area contributed by atoms with Gasteiger partial charge in [0.05, 0.1) is 19.8 Å². The lowest BCUT2D eigenvalue weighted by atomic mass is 10.1. The predicted molar refractivity (Wildman–Crippen MR) is 119 cm³/mol. The molecule has 0 amide bonds. The van der Waals surface area contributed by atoms with Crippen molar-refractivity contribution in [1.82, 2.24) is 20.0 Å². The van der Waals surface area contributed by atoms with Crippen LogP contribution >= 0.6 is 0 Å². The Hall–Kier alpha value is -1.67. The second-order valence-electron chi connectivity index (χ2n) is 7.91. The van der Waals surface area contributed by atoms with Gasteiger partial charge in [-0.3, -0.25) is 9.80 Å². The number of rotatable bonds is 9. The topological polar surface area (TPSA) is 69.4 Å². The van der Waals surface area contributed by atoms with Gasteiger partial charge in [0.25, 0.3) is 0 Å². The summed E-state index contributed by atoms with van der Waals surface area (Å²) in [5, 5.41) is 3.26. The van der Waals surface area contributed by atoms with Crippen molar-refractivity contribution < 1.29 is 4.74 Å². The second-order valence-corrected chi connectivity index (χ2v) is 7.91. The van der Waals surface area contributed by atoms with Crippen LogP contribution < -0.4 is 11.1 Å². The fourth-order valence-electron chi connectivity index (χ4n) is 3.94. The summed E-state index contributed by atoms with van der Waals surface area (Å²) in [4.78, 5) is 12.1. The molecule has 2 fully saturated rings. The number of hydrogen-bond donors (Lipinski definition) is 2. The van der Waals surface area contributed by atoms with E-state index < -0.39 is 0 Å². The first-order chi connectivity index (χ1) is 14.2. The van der Waals surface area contributed by atoms with Crippen LogP contribution in [0.4, 0.5) is 0 Å². The van der Waals surface area contributed by atoms with Crippen LogP contribution in [-0.2, 0) is 17.8 Å². The van der Waals surface area contributed by atoms with Crippen molar-refractivity contribution in [1.29, 1.82) is 0 Å². The maximum Gasteiger partial charge on any atom is 0.188 e. The molecule has 2 aliphatic heterocycles. The van der Waals surface area contributed by atoms with Gasteiger partial charge in [-0.15, -0.1) is 0 Å². The standard InChI is InChI=1S/C22H38N6O/c1-2-26-10-12-28(13-11-26)19-21-7-4-3-6-20(21)18-25-22(23)24-8-5-9-27-14-16-29-17-15-27/h3-4,6-7H,2,5,8-19H2,1H3,(H3,23,24,25). The highest BCUT2D eigenvalue weighted by Crippen LogP contribution is 2.14. The Bertz CT molecular complexity index is 623. The van der Waals surface area contributed by atoms with Gasteiger partial charge in [0.15, 0.2) is 5.96 Å². The first-order valence-electron chi connectivity index (χ1n) is 11.1. The van der Waals surface area contributed by atoms with Gasteiger partial charge in [-0.1, -0.05) is 31.2 Å². The third-order valence-electron chi connectivity index (χ3n) is 5.91. The van der Waals surface area contributed by atoms with E-state index in [1.807, 2.05) is 0 Å². The fourth-order valence-corrected chi connectivity index (χ4v) is 3.94. The van der Waals surface area contributed by atoms with Crippen molar-refractivity contribution in [3.05, 3.63) is 35.4 Å². The Morgan fingerprint density at radius 3 is 2.41 bits per heavy atom. The van der Waals surface area contributed by atoms with Gasteiger partial charge in [-0.2, -0.15) is 0 Å². The molecule has 3 N–H and O–H groups in total. The predicted octanol–water partition coefficient (Wildman–Crippen LogP) is 0.951. The largest absolute Gasteiger partial charge is 0.379 e. The Labute approximate surface area is 175 Å². The van der Waals surface area contributed by atoms with E-state index in [0.717, 1.165) is 85.1 Å². The van der Waals surface area contributed by atoms with Gasteiger partial charge in [-0.25, -0.2) is 4.99 Å². The van der Waals surface area contributed by atoms with E-state index in [2.05, 4.69) is 56.2 Å².